The van der Waals surface area contributed by atoms with Crippen LogP contribution in [0, 0.1) is 0 Å². The van der Waals surface area contributed by atoms with Gasteiger partial charge in [-0.05, 0) is 68.9 Å². The number of benzene rings is 1. The molecule has 1 aliphatic carbocycles. The summed E-state index contributed by atoms with van der Waals surface area (Å²) in [4.78, 5) is 11.9. The minimum atomic E-state index is 0.230. The lowest BCUT2D eigenvalue weighted by molar-refractivity contribution is 0.327. The molecule has 1 spiro atoms. The van der Waals surface area contributed by atoms with Crippen LogP contribution in [-0.2, 0) is 18.4 Å². The minimum Gasteiger partial charge on any atom is -0.325 e. The maximum Gasteiger partial charge on any atom is 0.140 e. The lowest BCUT2D eigenvalue weighted by atomic mass is 9.73. The normalized spacial score (nSPS) is 22.9. The first-order valence-electron chi connectivity index (χ1n) is 10.3. The Morgan fingerprint density at radius 1 is 1.26 bits per heavy atom. The SMILES string of the molecule is CNCc1cccc2c1C1(CCNCC1)CN2c1ncnc2c1C(C)CC2. The number of hydrogen-bond donors (Lipinski definition) is 2. The molecule has 5 heteroatoms. The Labute approximate surface area is 161 Å². The fourth-order valence-corrected chi connectivity index (χ4v) is 5.57. The molecule has 2 aliphatic heterocycles. The predicted octanol–water partition coefficient (Wildman–Crippen LogP) is 3.02. The second-order valence-corrected chi connectivity index (χ2v) is 8.46. The average Bonchev–Trinajstić information content (AvgIpc) is 3.22. The van der Waals surface area contributed by atoms with E-state index >= 15 is 0 Å². The Morgan fingerprint density at radius 3 is 2.93 bits per heavy atom. The van der Waals surface area contributed by atoms with E-state index < -0.39 is 0 Å². The largest absolute Gasteiger partial charge is 0.325 e. The van der Waals surface area contributed by atoms with Gasteiger partial charge in [0.15, 0.2) is 0 Å². The van der Waals surface area contributed by atoms with E-state index in [0.717, 1.165) is 38.4 Å². The van der Waals surface area contributed by atoms with Gasteiger partial charge in [0, 0.05) is 35.4 Å². The van der Waals surface area contributed by atoms with E-state index in [1.165, 1.54) is 41.8 Å². The highest BCUT2D eigenvalue weighted by atomic mass is 15.2. The van der Waals surface area contributed by atoms with Crippen molar-refractivity contribution in [1.29, 1.82) is 0 Å². The molecule has 0 amide bonds. The van der Waals surface area contributed by atoms with Gasteiger partial charge in [0.2, 0.25) is 0 Å². The number of rotatable bonds is 3. The highest BCUT2D eigenvalue weighted by molar-refractivity contribution is 5.75. The zero-order chi connectivity index (χ0) is 18.4. The second kappa shape index (κ2) is 6.57. The number of aryl methyl sites for hydroxylation is 1. The van der Waals surface area contributed by atoms with Crippen molar-refractivity contribution in [2.45, 2.75) is 50.5 Å². The van der Waals surface area contributed by atoms with Gasteiger partial charge in [-0.15, -0.1) is 0 Å². The first-order chi connectivity index (χ1) is 13.2. The predicted molar refractivity (Wildman–Crippen MR) is 109 cm³/mol. The minimum absolute atomic E-state index is 0.230. The van der Waals surface area contributed by atoms with Crippen molar-refractivity contribution >= 4 is 11.5 Å². The summed E-state index contributed by atoms with van der Waals surface area (Å²) in [6, 6.07) is 6.82. The molecular weight excluding hydrogens is 334 g/mol. The maximum atomic E-state index is 4.82. The van der Waals surface area contributed by atoms with E-state index in [4.69, 9.17) is 4.98 Å². The third-order valence-electron chi connectivity index (χ3n) is 6.85. The summed E-state index contributed by atoms with van der Waals surface area (Å²) in [5, 5.41) is 6.94. The van der Waals surface area contributed by atoms with Crippen LogP contribution >= 0.6 is 0 Å². The van der Waals surface area contributed by atoms with Crippen LogP contribution in [0.2, 0.25) is 0 Å². The van der Waals surface area contributed by atoms with Gasteiger partial charge >= 0.3 is 0 Å². The van der Waals surface area contributed by atoms with Gasteiger partial charge in [0.25, 0.3) is 0 Å². The van der Waals surface area contributed by atoms with Gasteiger partial charge in [-0.3, -0.25) is 0 Å². The van der Waals surface area contributed by atoms with Gasteiger partial charge < -0.3 is 15.5 Å². The number of hydrogen-bond acceptors (Lipinski definition) is 5. The van der Waals surface area contributed by atoms with Gasteiger partial charge in [0.05, 0.1) is 0 Å². The number of fused-ring (bicyclic) bond motifs is 3. The van der Waals surface area contributed by atoms with E-state index in [1.54, 1.807) is 11.9 Å². The molecule has 1 aromatic carbocycles. The molecule has 0 radical (unpaired) electrons. The molecule has 1 unspecified atom stereocenters. The van der Waals surface area contributed by atoms with Gasteiger partial charge in [-0.25, -0.2) is 9.97 Å². The number of piperidine rings is 1. The van der Waals surface area contributed by atoms with Crippen LogP contribution in [0.1, 0.15) is 54.5 Å². The molecular formula is C22H29N5. The fourth-order valence-electron chi connectivity index (χ4n) is 5.57. The third kappa shape index (κ3) is 2.59. The zero-order valence-electron chi connectivity index (χ0n) is 16.4. The van der Waals surface area contributed by atoms with E-state index in [-0.39, 0.29) is 5.41 Å². The van der Waals surface area contributed by atoms with Gasteiger partial charge in [-0.2, -0.15) is 0 Å². The summed E-state index contributed by atoms with van der Waals surface area (Å²) in [5.41, 5.74) is 7.23. The maximum absolute atomic E-state index is 4.82. The average molecular weight is 364 g/mol. The number of nitrogens with one attached hydrogen (secondary N) is 2. The van der Waals surface area contributed by atoms with Crippen LogP contribution in [0.4, 0.5) is 11.5 Å². The first kappa shape index (κ1) is 17.1. The Kier molecular flexibility index (Phi) is 4.17. The highest BCUT2D eigenvalue weighted by Crippen LogP contribution is 2.51. The summed E-state index contributed by atoms with van der Waals surface area (Å²) in [5.74, 6) is 1.70. The standard InChI is InChI=1S/C22H29N5/c1-15-6-7-17-19(15)21(26-14-25-17)27-13-22(8-10-24-11-9-22)20-16(12-23-2)4-3-5-18(20)27/h3-5,14-15,23-24H,6-13H2,1-2H3. The number of nitrogens with zero attached hydrogens (tertiary/aromatic N) is 3. The quantitative estimate of drug-likeness (QED) is 0.878. The van der Waals surface area contributed by atoms with Crippen LogP contribution in [-0.4, -0.2) is 36.6 Å². The molecule has 2 aromatic rings. The van der Waals surface area contributed by atoms with Crippen molar-refractivity contribution in [3.63, 3.8) is 0 Å². The monoisotopic (exact) mass is 363 g/mol. The van der Waals surface area contributed by atoms with Crippen molar-refractivity contribution in [3.05, 3.63) is 46.9 Å². The molecule has 2 N–H and O–H groups in total. The Balaban J connectivity index is 1.68. The fraction of sp³-hybridized carbons (Fsp3) is 0.545. The topological polar surface area (TPSA) is 53.1 Å². The summed E-state index contributed by atoms with van der Waals surface area (Å²) in [6.45, 7) is 6.48. The smallest absolute Gasteiger partial charge is 0.140 e. The van der Waals surface area contributed by atoms with Crippen molar-refractivity contribution in [1.82, 2.24) is 20.6 Å². The lowest BCUT2D eigenvalue weighted by Crippen LogP contribution is -2.43. The highest BCUT2D eigenvalue weighted by Gasteiger charge is 2.46. The molecule has 1 atom stereocenters. The van der Waals surface area contributed by atoms with E-state index in [1.807, 2.05) is 7.05 Å². The van der Waals surface area contributed by atoms with E-state index in [2.05, 4.69) is 45.6 Å². The summed E-state index contributed by atoms with van der Waals surface area (Å²) >= 11 is 0. The second-order valence-electron chi connectivity index (χ2n) is 8.46. The molecule has 1 saturated heterocycles. The van der Waals surface area contributed by atoms with Crippen LogP contribution in [0.5, 0.6) is 0 Å². The molecule has 5 nitrogen and oxygen atoms in total. The Bertz CT molecular complexity index is 856. The molecule has 1 aromatic heterocycles. The van der Waals surface area contributed by atoms with Crippen molar-refractivity contribution < 1.29 is 0 Å². The Morgan fingerprint density at radius 2 is 2.11 bits per heavy atom. The lowest BCUT2D eigenvalue weighted by Gasteiger charge is -2.36. The molecule has 5 rings (SSSR count). The first-order valence-corrected chi connectivity index (χ1v) is 10.3. The molecule has 0 bridgehead atoms. The molecule has 27 heavy (non-hydrogen) atoms. The number of aromatic nitrogens is 2. The summed E-state index contributed by atoms with van der Waals surface area (Å²) in [7, 11) is 2.04. The molecule has 3 aliphatic rings. The van der Waals surface area contributed by atoms with Crippen LogP contribution < -0.4 is 15.5 Å². The molecule has 142 valence electrons. The van der Waals surface area contributed by atoms with Crippen molar-refractivity contribution in [2.24, 2.45) is 0 Å². The van der Waals surface area contributed by atoms with Crippen LogP contribution in [0.25, 0.3) is 0 Å². The summed E-state index contributed by atoms with van der Waals surface area (Å²) in [6.07, 6.45) is 6.44. The van der Waals surface area contributed by atoms with Crippen molar-refractivity contribution in [2.75, 3.05) is 31.6 Å². The zero-order valence-corrected chi connectivity index (χ0v) is 16.4. The van der Waals surface area contributed by atoms with E-state index in [0.29, 0.717) is 5.92 Å². The molecule has 3 heterocycles. The summed E-state index contributed by atoms with van der Waals surface area (Å²) < 4.78 is 0. The van der Waals surface area contributed by atoms with Crippen LogP contribution in [0.3, 0.4) is 0 Å². The third-order valence-corrected chi connectivity index (χ3v) is 6.85. The van der Waals surface area contributed by atoms with Gasteiger partial charge in [-0.1, -0.05) is 19.1 Å². The van der Waals surface area contributed by atoms with Crippen molar-refractivity contribution in [3.8, 4) is 0 Å². The molecule has 0 saturated carbocycles. The van der Waals surface area contributed by atoms with E-state index in [9.17, 15) is 0 Å². The van der Waals surface area contributed by atoms with Crippen LogP contribution in [0.15, 0.2) is 24.5 Å². The molecule has 1 fully saturated rings. The Hall–Kier alpha value is -1.98. The number of anilines is 2. The van der Waals surface area contributed by atoms with Gasteiger partial charge in [0.1, 0.15) is 12.1 Å².